The number of azo groups is 1. The molecular weight excluding hydrogens is 532 g/mol. The molecule has 3 N–H and O–H groups in total. The maximum Gasteiger partial charge on any atom is 0.198 e. The van der Waals surface area contributed by atoms with Crippen LogP contribution < -0.4 is 10.6 Å². The second-order valence-corrected chi connectivity index (χ2v) is 9.61. The molecule has 0 fully saturated rings. The number of nitriles is 1. The molecule has 210 valence electrons. The molecule has 42 heavy (non-hydrogen) atoms. The van der Waals surface area contributed by atoms with Crippen molar-refractivity contribution in [3.05, 3.63) is 106 Å². The number of benzene rings is 3. The fourth-order valence-electron chi connectivity index (χ4n) is 4.84. The van der Waals surface area contributed by atoms with Crippen LogP contribution in [0.15, 0.2) is 77.0 Å². The summed E-state index contributed by atoms with van der Waals surface area (Å²) in [6.45, 7) is 3.15. The molecule has 0 saturated carbocycles. The summed E-state index contributed by atoms with van der Waals surface area (Å²) in [6, 6.07) is 21.3. The molecule has 0 unspecified atom stereocenters. The number of fused-ring (bicyclic) bond motifs is 2. The maximum atomic E-state index is 13.4. The van der Waals surface area contributed by atoms with Crippen molar-refractivity contribution in [1.82, 2.24) is 4.98 Å². The molecule has 1 heterocycles. The number of carbonyl (C=O) groups excluding carboxylic acids is 2. The third-order valence-electron chi connectivity index (χ3n) is 6.96. The fraction of sp³-hybridized carbons (Fsp3) is 0.188. The van der Waals surface area contributed by atoms with Gasteiger partial charge in [-0.25, -0.2) is 4.98 Å². The highest BCUT2D eigenvalue weighted by Crippen LogP contribution is 2.39. The number of methoxy groups -OCH3 is 1. The number of hydrogen-bond acceptors (Lipinski definition) is 10. The lowest BCUT2D eigenvalue weighted by molar-refractivity contribution is 0.0977. The Morgan fingerprint density at radius 2 is 1.57 bits per heavy atom. The quantitative estimate of drug-likeness (QED) is 0.142. The van der Waals surface area contributed by atoms with E-state index in [9.17, 15) is 20.0 Å². The van der Waals surface area contributed by atoms with E-state index >= 15 is 0 Å². The highest BCUT2D eigenvalue weighted by Gasteiger charge is 2.33. The molecule has 10 nitrogen and oxygen atoms in total. The van der Waals surface area contributed by atoms with E-state index in [1.807, 2.05) is 30.3 Å². The van der Waals surface area contributed by atoms with Crippen molar-refractivity contribution >= 4 is 34.6 Å². The predicted molar refractivity (Wildman–Crippen MR) is 158 cm³/mol. The Balaban J connectivity index is 1.51. The Morgan fingerprint density at radius 3 is 2.31 bits per heavy atom. The van der Waals surface area contributed by atoms with Crippen LogP contribution in [-0.2, 0) is 11.2 Å². The zero-order chi connectivity index (χ0) is 29.6. The predicted octanol–water partition coefficient (Wildman–Crippen LogP) is 5.87. The van der Waals surface area contributed by atoms with Gasteiger partial charge in [0.05, 0.1) is 29.0 Å². The average Bonchev–Trinajstić information content (AvgIpc) is 3.00. The first kappa shape index (κ1) is 28.1. The number of ketones is 2. The Bertz CT molecular complexity index is 1740. The van der Waals surface area contributed by atoms with E-state index in [1.165, 1.54) is 24.3 Å². The molecule has 0 aliphatic heterocycles. The molecule has 1 aliphatic rings. The summed E-state index contributed by atoms with van der Waals surface area (Å²) >= 11 is 0. The van der Waals surface area contributed by atoms with Gasteiger partial charge in [0.1, 0.15) is 23.3 Å². The lowest BCUT2D eigenvalue weighted by atomic mass is 9.83. The zero-order valence-electron chi connectivity index (χ0n) is 23.1. The third-order valence-corrected chi connectivity index (χ3v) is 6.96. The van der Waals surface area contributed by atoms with Crippen molar-refractivity contribution in [2.24, 2.45) is 10.2 Å². The van der Waals surface area contributed by atoms with Crippen molar-refractivity contribution in [2.75, 3.05) is 37.4 Å². The van der Waals surface area contributed by atoms with Gasteiger partial charge in [-0.3, -0.25) is 9.59 Å². The van der Waals surface area contributed by atoms with Crippen molar-refractivity contribution < 1.29 is 19.4 Å². The number of ether oxygens (including phenoxy) is 1. The van der Waals surface area contributed by atoms with Crippen LogP contribution in [0.25, 0.3) is 0 Å². The van der Waals surface area contributed by atoms with Gasteiger partial charge in [0.25, 0.3) is 0 Å². The summed E-state index contributed by atoms with van der Waals surface area (Å²) in [5.41, 5.74) is 2.84. The zero-order valence-corrected chi connectivity index (χ0v) is 23.1. The van der Waals surface area contributed by atoms with E-state index < -0.39 is 11.6 Å². The van der Waals surface area contributed by atoms with Crippen molar-refractivity contribution in [2.45, 2.75) is 13.3 Å². The molecule has 0 saturated heterocycles. The number of nitrogens with zero attached hydrogens (tertiary/aromatic N) is 4. The largest absolute Gasteiger partial charge is 0.507 e. The molecule has 0 radical (unpaired) electrons. The normalized spacial score (nSPS) is 12.1. The molecule has 0 amide bonds. The van der Waals surface area contributed by atoms with Crippen LogP contribution in [-0.4, -0.2) is 48.5 Å². The standard InChI is InChI=1S/C32H28N6O4/c1-19-23(18-33)31(34-15-14-20-8-4-3-5-9-20)36-32(35-16-17-42-2)28(19)38-37-24-12-6-10-21-26(24)29(40)22-11-7-13-25(39)27(22)30(21)41/h3-13,39H,14-17H2,1-2H3,(H2,34,35,36). The van der Waals surface area contributed by atoms with Crippen LogP contribution in [0.5, 0.6) is 5.75 Å². The van der Waals surface area contributed by atoms with E-state index in [2.05, 4.69) is 31.9 Å². The van der Waals surface area contributed by atoms with Crippen LogP contribution in [0, 0.1) is 18.3 Å². The summed E-state index contributed by atoms with van der Waals surface area (Å²) in [5.74, 6) is -0.351. The van der Waals surface area contributed by atoms with Gasteiger partial charge in [-0.05, 0) is 31.0 Å². The second-order valence-electron chi connectivity index (χ2n) is 9.61. The summed E-state index contributed by atoms with van der Waals surface area (Å²) in [7, 11) is 1.59. The smallest absolute Gasteiger partial charge is 0.198 e. The lowest BCUT2D eigenvalue weighted by Crippen LogP contribution is -2.21. The van der Waals surface area contributed by atoms with Gasteiger partial charge in [0.15, 0.2) is 17.4 Å². The Hall–Kier alpha value is -5.40. The molecule has 5 rings (SSSR count). The summed E-state index contributed by atoms with van der Waals surface area (Å²) in [5, 5.41) is 35.6. The molecule has 0 spiro atoms. The Labute approximate surface area is 242 Å². The van der Waals surface area contributed by atoms with E-state index in [0.29, 0.717) is 48.1 Å². The number of aromatic hydroxyl groups is 1. The van der Waals surface area contributed by atoms with Gasteiger partial charge >= 0.3 is 0 Å². The second kappa shape index (κ2) is 12.4. The van der Waals surface area contributed by atoms with E-state index in [-0.39, 0.29) is 33.7 Å². The van der Waals surface area contributed by atoms with Crippen LogP contribution in [0.1, 0.15) is 48.5 Å². The number of carbonyl (C=O) groups is 2. The Morgan fingerprint density at radius 1 is 0.881 bits per heavy atom. The van der Waals surface area contributed by atoms with Crippen LogP contribution in [0.3, 0.4) is 0 Å². The number of anilines is 2. The van der Waals surface area contributed by atoms with E-state index in [1.54, 1.807) is 26.2 Å². The molecule has 0 bridgehead atoms. The van der Waals surface area contributed by atoms with Gasteiger partial charge in [0, 0.05) is 36.9 Å². The number of phenols is 1. The number of nitrogens with one attached hydrogen (secondary N) is 2. The summed E-state index contributed by atoms with van der Waals surface area (Å²) in [4.78, 5) is 31.3. The fourth-order valence-corrected chi connectivity index (χ4v) is 4.84. The molecular formula is C32H28N6O4. The van der Waals surface area contributed by atoms with Crippen molar-refractivity contribution in [1.29, 1.82) is 5.26 Å². The van der Waals surface area contributed by atoms with Crippen LogP contribution in [0.4, 0.5) is 23.0 Å². The summed E-state index contributed by atoms with van der Waals surface area (Å²) < 4.78 is 5.17. The number of pyridine rings is 1. The number of aromatic nitrogens is 1. The van der Waals surface area contributed by atoms with Crippen LogP contribution in [0.2, 0.25) is 0 Å². The molecule has 10 heteroatoms. The first-order valence-corrected chi connectivity index (χ1v) is 13.4. The van der Waals surface area contributed by atoms with Crippen molar-refractivity contribution in [3.8, 4) is 11.8 Å². The van der Waals surface area contributed by atoms with E-state index in [4.69, 9.17) is 4.74 Å². The van der Waals surface area contributed by atoms with Crippen molar-refractivity contribution in [3.63, 3.8) is 0 Å². The Kier molecular flexibility index (Phi) is 8.32. The van der Waals surface area contributed by atoms with E-state index in [0.717, 1.165) is 12.0 Å². The minimum absolute atomic E-state index is 0.0252. The highest BCUT2D eigenvalue weighted by atomic mass is 16.5. The topological polar surface area (TPSA) is 149 Å². The first-order chi connectivity index (χ1) is 20.4. The number of phenolic OH excluding ortho intramolecular Hbond substituents is 1. The molecule has 3 aromatic carbocycles. The number of rotatable bonds is 10. The number of hydrogen-bond donors (Lipinski definition) is 3. The maximum absolute atomic E-state index is 13.4. The average molecular weight is 561 g/mol. The third kappa shape index (κ3) is 5.46. The minimum Gasteiger partial charge on any atom is -0.507 e. The molecule has 1 aromatic heterocycles. The van der Waals surface area contributed by atoms with Gasteiger partial charge in [-0.1, -0.05) is 54.6 Å². The monoisotopic (exact) mass is 560 g/mol. The molecule has 4 aromatic rings. The molecule has 0 atom stereocenters. The highest BCUT2D eigenvalue weighted by molar-refractivity contribution is 6.30. The van der Waals surface area contributed by atoms with Gasteiger partial charge in [-0.2, -0.15) is 5.26 Å². The van der Waals surface area contributed by atoms with Crippen LogP contribution >= 0.6 is 0 Å². The minimum atomic E-state index is -0.466. The van der Waals surface area contributed by atoms with Gasteiger partial charge < -0.3 is 20.5 Å². The summed E-state index contributed by atoms with van der Waals surface area (Å²) in [6.07, 6.45) is 0.743. The lowest BCUT2D eigenvalue weighted by Gasteiger charge is -2.19. The first-order valence-electron chi connectivity index (χ1n) is 13.4. The van der Waals surface area contributed by atoms with Gasteiger partial charge in [0.2, 0.25) is 0 Å². The van der Waals surface area contributed by atoms with Gasteiger partial charge in [-0.15, -0.1) is 10.2 Å². The SMILES string of the molecule is COCCNc1nc(NCCc2ccccc2)c(C#N)c(C)c1N=Nc1cccc2c1C(=O)c1cccc(O)c1C2=O. The molecule has 1 aliphatic carbocycles.